The van der Waals surface area contributed by atoms with Gasteiger partial charge >= 0.3 is 6.09 Å². The smallest absolute Gasteiger partial charge is 0.408 e. The summed E-state index contributed by atoms with van der Waals surface area (Å²) in [6, 6.07) is 4.15. The van der Waals surface area contributed by atoms with E-state index in [0.717, 1.165) is 4.90 Å². The molecule has 2 aliphatic heterocycles. The van der Waals surface area contributed by atoms with Crippen LogP contribution in [0.1, 0.15) is 24.3 Å². The Kier molecular flexibility index (Phi) is 3.91. The first-order chi connectivity index (χ1) is 12.4. The van der Waals surface area contributed by atoms with Gasteiger partial charge in [0.05, 0.1) is 29.7 Å². The molecule has 0 spiro atoms. The number of hydrogen-bond donors (Lipinski definition) is 1. The largest absolute Gasteiger partial charge is 0.465 e. The maximum absolute atomic E-state index is 13.6. The first-order valence-corrected chi connectivity index (χ1v) is 8.54. The second kappa shape index (κ2) is 6.02. The number of carboxylic acid groups (broad SMARTS) is 1. The van der Waals surface area contributed by atoms with Crippen LogP contribution in [0.25, 0.3) is 0 Å². The number of ketones is 2. The van der Waals surface area contributed by atoms with Crippen LogP contribution in [0, 0.1) is 11.7 Å². The number of halogens is 2. The third kappa shape index (κ3) is 2.54. The number of Topliss-reactive ketones (excluding diaryl/α,β-unsaturated/α-hetero) is 2. The van der Waals surface area contributed by atoms with E-state index in [1.807, 2.05) is 0 Å². The maximum atomic E-state index is 13.6. The number of amides is 1. The summed E-state index contributed by atoms with van der Waals surface area (Å²) < 4.78 is 13.6. The lowest BCUT2D eigenvalue weighted by Gasteiger charge is -2.36. The normalized spacial score (nSPS) is 25.2. The number of fused-ring (bicyclic) bond motifs is 1. The van der Waals surface area contributed by atoms with Crippen molar-refractivity contribution in [2.75, 3.05) is 13.1 Å². The molecule has 1 aliphatic carbocycles. The number of benzene rings is 1. The molecule has 1 saturated carbocycles. The zero-order valence-corrected chi connectivity index (χ0v) is 14.3. The van der Waals surface area contributed by atoms with Crippen molar-refractivity contribution in [2.45, 2.75) is 18.8 Å². The van der Waals surface area contributed by atoms with Gasteiger partial charge in [0.15, 0.2) is 5.78 Å². The molecule has 26 heavy (non-hydrogen) atoms. The standard InChI is InChI=1S/C18H14ClFN2O4/c19-9-5-8(1-2-10(9)20)15-16-11(3-4-13(16)23)21-12-6-22(18(25)26)7-14(24)17(12)15/h1-2,5,15-16H,3-4,6-7H2,(H,25,26). The molecule has 1 N–H and O–H groups in total. The van der Waals surface area contributed by atoms with Crippen LogP contribution in [0.3, 0.4) is 0 Å². The summed E-state index contributed by atoms with van der Waals surface area (Å²) in [6.07, 6.45) is -0.393. The zero-order valence-electron chi connectivity index (χ0n) is 13.5. The Hall–Kier alpha value is -2.54. The molecular formula is C18H14ClFN2O4. The highest BCUT2D eigenvalue weighted by molar-refractivity contribution is 6.30. The Morgan fingerprint density at radius 2 is 2.00 bits per heavy atom. The third-order valence-corrected chi connectivity index (χ3v) is 5.41. The molecule has 0 saturated heterocycles. The van der Waals surface area contributed by atoms with Crippen molar-refractivity contribution < 1.29 is 23.9 Å². The van der Waals surface area contributed by atoms with Crippen LogP contribution in [0.2, 0.25) is 5.02 Å². The summed E-state index contributed by atoms with van der Waals surface area (Å²) in [5, 5.41) is 9.13. The first kappa shape index (κ1) is 16.9. The van der Waals surface area contributed by atoms with E-state index in [1.165, 1.54) is 18.2 Å². The van der Waals surface area contributed by atoms with Crippen molar-refractivity contribution >= 4 is 35.0 Å². The van der Waals surface area contributed by atoms with Crippen LogP contribution in [0.15, 0.2) is 34.5 Å². The van der Waals surface area contributed by atoms with Crippen molar-refractivity contribution in [1.29, 1.82) is 0 Å². The Labute approximate surface area is 153 Å². The third-order valence-electron chi connectivity index (χ3n) is 5.12. The van der Waals surface area contributed by atoms with Crippen molar-refractivity contribution in [3.05, 3.63) is 45.9 Å². The van der Waals surface area contributed by atoms with Gasteiger partial charge in [0, 0.05) is 23.6 Å². The fourth-order valence-corrected chi connectivity index (χ4v) is 4.17. The van der Waals surface area contributed by atoms with E-state index in [-0.39, 0.29) is 29.7 Å². The Morgan fingerprint density at radius 3 is 2.69 bits per heavy atom. The van der Waals surface area contributed by atoms with Crippen LogP contribution < -0.4 is 0 Å². The van der Waals surface area contributed by atoms with Crippen molar-refractivity contribution in [2.24, 2.45) is 10.9 Å². The van der Waals surface area contributed by atoms with Gasteiger partial charge < -0.3 is 5.11 Å². The molecule has 1 aromatic rings. The van der Waals surface area contributed by atoms with E-state index in [4.69, 9.17) is 11.6 Å². The number of nitrogens with zero attached hydrogens (tertiary/aromatic N) is 2. The van der Waals surface area contributed by atoms with E-state index in [2.05, 4.69) is 4.99 Å². The van der Waals surface area contributed by atoms with Gasteiger partial charge in [-0.15, -0.1) is 0 Å². The number of carbonyl (C=O) groups is 3. The summed E-state index contributed by atoms with van der Waals surface area (Å²) in [5.41, 5.74) is 1.93. The lowest BCUT2D eigenvalue weighted by molar-refractivity contribution is -0.120. The highest BCUT2D eigenvalue weighted by Crippen LogP contribution is 2.45. The Balaban J connectivity index is 1.87. The molecule has 1 aromatic carbocycles. The lowest BCUT2D eigenvalue weighted by atomic mass is 9.73. The maximum Gasteiger partial charge on any atom is 0.408 e. The van der Waals surface area contributed by atoms with E-state index in [1.54, 1.807) is 0 Å². The quantitative estimate of drug-likeness (QED) is 0.816. The van der Waals surface area contributed by atoms with Crippen molar-refractivity contribution in [3.8, 4) is 0 Å². The number of hydrogen-bond acceptors (Lipinski definition) is 4. The lowest BCUT2D eigenvalue weighted by Crippen LogP contribution is -2.45. The summed E-state index contributed by atoms with van der Waals surface area (Å²) in [5.74, 6) is -2.17. The second-order valence-corrected chi connectivity index (χ2v) is 7.03. The van der Waals surface area contributed by atoms with Gasteiger partial charge in [0.25, 0.3) is 0 Å². The van der Waals surface area contributed by atoms with Gasteiger partial charge in [-0.05, 0) is 24.1 Å². The van der Waals surface area contributed by atoms with E-state index in [0.29, 0.717) is 35.4 Å². The van der Waals surface area contributed by atoms with Crippen molar-refractivity contribution in [3.63, 3.8) is 0 Å². The molecule has 0 aromatic heterocycles. The first-order valence-electron chi connectivity index (χ1n) is 8.16. The molecule has 2 heterocycles. The molecular weight excluding hydrogens is 363 g/mol. The minimum atomic E-state index is -1.20. The second-order valence-electron chi connectivity index (χ2n) is 6.62. The molecule has 8 heteroatoms. The van der Waals surface area contributed by atoms with E-state index < -0.39 is 23.7 Å². The van der Waals surface area contributed by atoms with Gasteiger partial charge in [-0.25, -0.2) is 9.18 Å². The molecule has 6 nitrogen and oxygen atoms in total. The van der Waals surface area contributed by atoms with Gasteiger partial charge in [-0.1, -0.05) is 17.7 Å². The minimum Gasteiger partial charge on any atom is -0.465 e. The fraction of sp³-hybridized carbons (Fsp3) is 0.333. The van der Waals surface area contributed by atoms with Gasteiger partial charge in [0.2, 0.25) is 0 Å². The topological polar surface area (TPSA) is 87.0 Å². The highest BCUT2D eigenvalue weighted by atomic mass is 35.5. The Bertz CT molecular complexity index is 924. The molecule has 3 aliphatic rings. The average Bonchev–Trinajstić information content (AvgIpc) is 2.96. The van der Waals surface area contributed by atoms with E-state index in [9.17, 15) is 23.9 Å². The molecule has 0 bridgehead atoms. The number of rotatable bonds is 1. The molecule has 0 radical (unpaired) electrons. The average molecular weight is 377 g/mol. The van der Waals surface area contributed by atoms with Gasteiger partial charge in [-0.2, -0.15) is 0 Å². The number of aliphatic imine (C=N–C) groups is 1. The molecule has 4 rings (SSSR count). The van der Waals surface area contributed by atoms with Crippen molar-refractivity contribution in [1.82, 2.24) is 4.90 Å². The molecule has 2 unspecified atom stereocenters. The highest BCUT2D eigenvalue weighted by Gasteiger charge is 2.47. The van der Waals surface area contributed by atoms with Gasteiger partial charge in [-0.3, -0.25) is 19.5 Å². The predicted molar refractivity (Wildman–Crippen MR) is 90.9 cm³/mol. The SMILES string of the molecule is O=C1CN(C(=O)O)CC2=C1C(c1ccc(F)c(Cl)c1)C1C(=O)CCC1=N2. The monoisotopic (exact) mass is 376 g/mol. The van der Waals surface area contributed by atoms with Crippen LogP contribution >= 0.6 is 11.6 Å². The van der Waals surface area contributed by atoms with Crippen LogP contribution in [-0.4, -0.2) is 46.5 Å². The number of carbonyl (C=O) groups excluding carboxylic acids is 2. The molecule has 2 atom stereocenters. The molecule has 134 valence electrons. The predicted octanol–water partition coefficient (Wildman–Crippen LogP) is 2.81. The van der Waals surface area contributed by atoms with E-state index >= 15 is 0 Å². The fourth-order valence-electron chi connectivity index (χ4n) is 3.98. The van der Waals surface area contributed by atoms with Crippen LogP contribution in [0.5, 0.6) is 0 Å². The summed E-state index contributed by atoms with van der Waals surface area (Å²) >= 11 is 5.91. The molecule has 1 fully saturated rings. The minimum absolute atomic E-state index is 0.00769. The molecule has 1 amide bonds. The summed E-state index contributed by atoms with van der Waals surface area (Å²) in [4.78, 5) is 41.9. The summed E-state index contributed by atoms with van der Waals surface area (Å²) in [6.45, 7) is -0.294. The Morgan fingerprint density at radius 1 is 1.23 bits per heavy atom. The van der Waals surface area contributed by atoms with Gasteiger partial charge in [0.1, 0.15) is 11.6 Å². The zero-order chi connectivity index (χ0) is 18.6. The summed E-state index contributed by atoms with van der Waals surface area (Å²) in [7, 11) is 0. The van der Waals surface area contributed by atoms with Crippen LogP contribution in [-0.2, 0) is 9.59 Å². The van der Waals surface area contributed by atoms with Crippen LogP contribution in [0.4, 0.5) is 9.18 Å².